The number of rotatable bonds is 7. The van der Waals surface area contributed by atoms with Crippen molar-refractivity contribution in [2.24, 2.45) is 0 Å². The average Bonchev–Trinajstić information content (AvgIpc) is 1.58. The van der Waals surface area contributed by atoms with E-state index >= 15 is 0 Å². The predicted molar refractivity (Wildman–Crippen MR) is 369 cm³/mol. The van der Waals surface area contributed by atoms with Gasteiger partial charge in [0.2, 0.25) is 11.9 Å². The Labute approximate surface area is 515 Å². The van der Waals surface area contributed by atoms with Crippen LogP contribution in [0.25, 0.3) is 166 Å². The molecule has 20 rings (SSSR count). The fourth-order valence-electron chi connectivity index (χ4n) is 15.6. The molecule has 7 heterocycles. The first-order chi connectivity index (χ1) is 44.7. The van der Waals surface area contributed by atoms with Gasteiger partial charge in [-0.1, -0.05) is 212 Å². The van der Waals surface area contributed by atoms with E-state index < -0.39 is 0 Å². The lowest BCUT2D eigenvalue weighted by Crippen LogP contribution is -2.11. The minimum Gasteiger partial charge on any atom is -0.307 e. The summed E-state index contributed by atoms with van der Waals surface area (Å²) in [6, 6.07) is 103. The Bertz CT molecular complexity index is 6180. The highest BCUT2D eigenvalue weighted by Gasteiger charge is 2.34. The van der Waals surface area contributed by atoms with Crippen molar-refractivity contribution in [2.45, 2.75) is 12.8 Å². The van der Waals surface area contributed by atoms with Gasteiger partial charge in [0.05, 0.1) is 66.6 Å². The number of aryl methyl sites for hydroxylation is 2. The smallest absolute Gasteiger partial charge is 0.240 e. The van der Waals surface area contributed by atoms with E-state index in [2.05, 4.69) is 313 Å². The van der Waals surface area contributed by atoms with Gasteiger partial charge in [0.15, 0.2) is 5.82 Å². The number of para-hydroxylation sites is 8. The standard InChI is InChI=1S/C81H51N9/c1-6-24-50(25-7-1)79-82-80(89-69-40-22-18-36-57(69)61-44-48-65-63-46-42-59-55-34-16-20-38-67(55)85(51-26-8-2-9-27-51)71(59)73(63)87(75(65)77(61)89)53-30-12-4-13-31-53)84-81(83-79)90-70-41-23-19-37-58(70)62-45-49-66-64-47-43-60-56-35-17-21-39-68(56)86(52-28-10-3-11-29-52)72(60)74(64)88(76(66)78(62)90)54-32-14-5-15-33-54/h1-42,44-46,48-49H,43,47H2. The van der Waals surface area contributed by atoms with E-state index in [-0.39, 0.29) is 0 Å². The third-order valence-electron chi connectivity index (χ3n) is 19.2. The average molecular weight is 1150 g/mol. The van der Waals surface area contributed by atoms with Gasteiger partial charge in [-0.2, -0.15) is 15.0 Å². The predicted octanol–water partition coefficient (Wildman–Crippen LogP) is 19.6. The van der Waals surface area contributed by atoms with Crippen LogP contribution in [0.3, 0.4) is 0 Å². The summed E-state index contributed by atoms with van der Waals surface area (Å²) in [4.78, 5) is 17.3. The zero-order valence-corrected chi connectivity index (χ0v) is 48.6. The maximum atomic E-state index is 5.93. The summed E-state index contributed by atoms with van der Waals surface area (Å²) in [5.41, 5.74) is 21.2. The summed E-state index contributed by atoms with van der Waals surface area (Å²) in [6.07, 6.45) is 1.79. The Morgan fingerprint density at radius 1 is 0.211 bits per heavy atom. The van der Waals surface area contributed by atoms with Gasteiger partial charge in [-0.3, -0.25) is 9.13 Å². The third kappa shape index (κ3) is 6.72. The van der Waals surface area contributed by atoms with E-state index in [0.717, 1.165) is 123 Å². The maximum Gasteiger partial charge on any atom is 0.240 e. The van der Waals surface area contributed by atoms with Crippen LogP contribution in [0.1, 0.15) is 11.1 Å². The molecule has 0 radical (unpaired) electrons. The van der Waals surface area contributed by atoms with Crippen LogP contribution in [0.2, 0.25) is 0 Å². The number of hydrogen-bond donors (Lipinski definition) is 0. The molecule has 0 N–H and O–H groups in total. The van der Waals surface area contributed by atoms with Gasteiger partial charge in [0.1, 0.15) is 0 Å². The minimum absolute atomic E-state index is 0.513. The Balaban J connectivity index is 0.943. The van der Waals surface area contributed by atoms with Crippen LogP contribution in [0.4, 0.5) is 0 Å². The molecule has 0 saturated carbocycles. The molecule has 0 spiro atoms. The molecule has 0 saturated heterocycles. The van der Waals surface area contributed by atoms with Gasteiger partial charge in [-0.05, 0) is 96.8 Å². The van der Waals surface area contributed by atoms with E-state index in [0.29, 0.717) is 17.7 Å². The van der Waals surface area contributed by atoms with Crippen LogP contribution in [0, 0.1) is 0 Å². The molecular formula is C81H51N9. The van der Waals surface area contributed by atoms with Gasteiger partial charge >= 0.3 is 0 Å². The first-order valence-electron chi connectivity index (χ1n) is 30.9. The lowest BCUT2D eigenvalue weighted by molar-refractivity contribution is 0.892. The number of hydrogen-bond acceptors (Lipinski definition) is 3. The SMILES string of the molecule is c1ccc(-c2nc(-n3c4ccccc4c4ccc5c6c(n(-c7ccccc7)c5c43)-c3c(c4ccccc4n3-c3ccccc3)CC6)nc(-n3c4ccccc4c4ccc5c6ccc7c8ccccc8n(-c8ccccc8)c7c6n(-c6ccccc6)c5c43)n2)cc1. The number of nitrogens with zero attached hydrogens (tertiary/aromatic N) is 9. The molecule has 1 aliphatic carbocycles. The second-order valence-electron chi connectivity index (χ2n) is 23.8. The first-order valence-corrected chi connectivity index (χ1v) is 30.9. The topological polar surface area (TPSA) is 68.2 Å². The highest BCUT2D eigenvalue weighted by molar-refractivity contribution is 6.29. The molecule has 0 unspecified atom stereocenters. The lowest BCUT2D eigenvalue weighted by Gasteiger charge is -2.21. The van der Waals surface area contributed by atoms with Crippen molar-refractivity contribution >= 4 is 109 Å². The summed E-state index contributed by atoms with van der Waals surface area (Å²) in [5, 5.41) is 11.6. The van der Waals surface area contributed by atoms with Crippen LogP contribution in [0.5, 0.6) is 0 Å². The van der Waals surface area contributed by atoms with Crippen molar-refractivity contribution in [3.63, 3.8) is 0 Å². The molecule has 0 bridgehead atoms. The van der Waals surface area contributed by atoms with E-state index in [9.17, 15) is 0 Å². The normalized spacial score (nSPS) is 12.6. The zero-order valence-electron chi connectivity index (χ0n) is 48.6. The summed E-state index contributed by atoms with van der Waals surface area (Å²) < 4.78 is 14.7. The van der Waals surface area contributed by atoms with Crippen molar-refractivity contribution in [2.75, 3.05) is 0 Å². The molecule has 0 fully saturated rings. The summed E-state index contributed by atoms with van der Waals surface area (Å²) >= 11 is 0. The first kappa shape index (κ1) is 49.1. The fourth-order valence-corrected chi connectivity index (χ4v) is 15.6. The molecule has 420 valence electrons. The van der Waals surface area contributed by atoms with Crippen molar-refractivity contribution in [1.82, 2.24) is 42.4 Å². The second-order valence-corrected chi connectivity index (χ2v) is 23.8. The summed E-state index contributed by atoms with van der Waals surface area (Å²) in [5.74, 6) is 1.60. The van der Waals surface area contributed by atoms with Gasteiger partial charge < -0.3 is 18.3 Å². The monoisotopic (exact) mass is 1150 g/mol. The van der Waals surface area contributed by atoms with Crippen molar-refractivity contribution < 1.29 is 0 Å². The van der Waals surface area contributed by atoms with Crippen LogP contribution < -0.4 is 0 Å². The second kappa shape index (κ2) is 18.7. The molecule has 9 nitrogen and oxygen atoms in total. The quantitative estimate of drug-likeness (QED) is 0.160. The third-order valence-corrected chi connectivity index (χ3v) is 19.2. The molecule has 1 aliphatic rings. The zero-order chi connectivity index (χ0) is 58.7. The molecule has 7 aromatic heterocycles. The van der Waals surface area contributed by atoms with Gasteiger partial charge in [-0.25, -0.2) is 0 Å². The van der Waals surface area contributed by atoms with E-state index in [4.69, 9.17) is 15.0 Å². The largest absolute Gasteiger partial charge is 0.307 e. The highest BCUT2D eigenvalue weighted by atomic mass is 15.3. The summed E-state index contributed by atoms with van der Waals surface area (Å²) in [7, 11) is 0. The van der Waals surface area contributed by atoms with Crippen LogP contribution in [-0.2, 0) is 12.8 Å². The van der Waals surface area contributed by atoms with Crippen molar-refractivity contribution in [1.29, 1.82) is 0 Å². The maximum absolute atomic E-state index is 5.93. The number of fused-ring (bicyclic) bond motifs is 22. The van der Waals surface area contributed by atoms with Crippen molar-refractivity contribution in [3.8, 4) is 57.4 Å². The molecule has 12 aromatic carbocycles. The Kier molecular flexibility index (Phi) is 10.2. The minimum atomic E-state index is 0.513. The van der Waals surface area contributed by atoms with Crippen LogP contribution >= 0.6 is 0 Å². The van der Waals surface area contributed by atoms with Crippen molar-refractivity contribution in [3.05, 3.63) is 296 Å². The Morgan fingerprint density at radius 3 is 0.989 bits per heavy atom. The van der Waals surface area contributed by atoms with E-state index in [1.165, 1.54) is 49.6 Å². The Hall–Kier alpha value is -12.1. The fraction of sp³-hybridized carbons (Fsp3) is 0.0247. The highest BCUT2D eigenvalue weighted by Crippen LogP contribution is 2.51. The van der Waals surface area contributed by atoms with E-state index in [1.807, 2.05) is 0 Å². The van der Waals surface area contributed by atoms with Crippen LogP contribution in [0.15, 0.2) is 285 Å². The Morgan fingerprint density at radius 2 is 0.511 bits per heavy atom. The molecule has 9 heteroatoms. The lowest BCUT2D eigenvalue weighted by atomic mass is 9.91. The number of benzene rings is 12. The molecule has 0 atom stereocenters. The molecule has 0 aliphatic heterocycles. The molecular weight excluding hydrogens is 1100 g/mol. The molecule has 19 aromatic rings. The summed E-state index contributed by atoms with van der Waals surface area (Å²) in [6.45, 7) is 0. The molecule has 0 amide bonds. The van der Waals surface area contributed by atoms with Crippen LogP contribution in [-0.4, -0.2) is 42.4 Å². The van der Waals surface area contributed by atoms with Gasteiger partial charge in [0.25, 0.3) is 0 Å². The van der Waals surface area contributed by atoms with E-state index in [1.54, 1.807) is 0 Å². The molecule has 90 heavy (non-hydrogen) atoms. The van der Waals surface area contributed by atoms with Gasteiger partial charge in [0, 0.05) is 82.2 Å². The van der Waals surface area contributed by atoms with Gasteiger partial charge in [-0.15, -0.1) is 0 Å². The number of aromatic nitrogens is 9.